The number of nitrogen functional groups attached to an aromatic ring is 1. The van der Waals surface area contributed by atoms with Crippen LogP contribution in [0.25, 0.3) is 0 Å². The third-order valence-corrected chi connectivity index (χ3v) is 4.53. The first-order valence-corrected chi connectivity index (χ1v) is 6.82. The molecule has 3 unspecified atom stereocenters. The number of ether oxygens (including phenoxy) is 2. The van der Waals surface area contributed by atoms with E-state index >= 15 is 0 Å². The maximum absolute atomic E-state index is 5.94. The Labute approximate surface area is 108 Å². The summed E-state index contributed by atoms with van der Waals surface area (Å²) in [6, 6.07) is 5.56. The summed E-state index contributed by atoms with van der Waals surface area (Å²) < 4.78 is 11.2. The van der Waals surface area contributed by atoms with E-state index in [4.69, 9.17) is 15.2 Å². The summed E-state index contributed by atoms with van der Waals surface area (Å²) in [6.45, 7) is 0.807. The Bertz CT molecular complexity index is 433. The molecule has 3 heteroatoms. The molecule has 3 rings (SSSR count). The lowest BCUT2D eigenvalue weighted by atomic mass is 9.89. The molecule has 0 aliphatic heterocycles. The monoisotopic (exact) mass is 247 g/mol. The lowest BCUT2D eigenvalue weighted by Crippen LogP contribution is -2.18. The van der Waals surface area contributed by atoms with Gasteiger partial charge in [0.05, 0.1) is 13.7 Å². The average molecular weight is 247 g/mol. The SMILES string of the molecule is COc1ccc(N)cc1OCC1CC2CCC1C2. The van der Waals surface area contributed by atoms with Crippen LogP contribution in [0.4, 0.5) is 5.69 Å². The second-order valence-corrected chi connectivity index (χ2v) is 5.66. The zero-order chi connectivity index (χ0) is 12.5. The molecular formula is C15H21NO2. The van der Waals surface area contributed by atoms with Crippen LogP contribution in [-0.4, -0.2) is 13.7 Å². The summed E-state index contributed by atoms with van der Waals surface area (Å²) in [5.41, 5.74) is 6.51. The quantitative estimate of drug-likeness (QED) is 0.831. The molecule has 1 aromatic carbocycles. The number of rotatable bonds is 4. The minimum atomic E-state index is 0.721. The van der Waals surface area contributed by atoms with Gasteiger partial charge in [0.15, 0.2) is 11.5 Å². The Kier molecular flexibility index (Phi) is 3.06. The Morgan fingerprint density at radius 2 is 2.11 bits per heavy atom. The Morgan fingerprint density at radius 1 is 1.22 bits per heavy atom. The highest BCUT2D eigenvalue weighted by atomic mass is 16.5. The van der Waals surface area contributed by atoms with Crippen LogP contribution in [0.5, 0.6) is 11.5 Å². The minimum Gasteiger partial charge on any atom is -0.493 e. The third kappa shape index (κ3) is 2.14. The summed E-state index contributed by atoms with van der Waals surface area (Å²) in [5.74, 6) is 4.14. The number of methoxy groups -OCH3 is 1. The van der Waals surface area contributed by atoms with Crippen molar-refractivity contribution in [2.45, 2.75) is 25.7 Å². The smallest absolute Gasteiger partial charge is 0.163 e. The first-order chi connectivity index (χ1) is 8.76. The van der Waals surface area contributed by atoms with Crippen molar-refractivity contribution in [3.8, 4) is 11.5 Å². The van der Waals surface area contributed by atoms with Crippen LogP contribution in [0.3, 0.4) is 0 Å². The van der Waals surface area contributed by atoms with Crippen LogP contribution < -0.4 is 15.2 Å². The zero-order valence-corrected chi connectivity index (χ0v) is 10.9. The highest BCUT2D eigenvalue weighted by Crippen LogP contribution is 2.48. The van der Waals surface area contributed by atoms with Crippen LogP contribution in [-0.2, 0) is 0 Å². The Hall–Kier alpha value is -1.38. The van der Waals surface area contributed by atoms with Crippen molar-refractivity contribution in [2.24, 2.45) is 17.8 Å². The predicted octanol–water partition coefficient (Wildman–Crippen LogP) is 3.09. The van der Waals surface area contributed by atoms with Crippen LogP contribution in [0.15, 0.2) is 18.2 Å². The lowest BCUT2D eigenvalue weighted by molar-refractivity contribution is 0.190. The van der Waals surface area contributed by atoms with E-state index in [1.165, 1.54) is 25.7 Å². The van der Waals surface area contributed by atoms with E-state index in [1.54, 1.807) is 7.11 Å². The Morgan fingerprint density at radius 3 is 2.78 bits per heavy atom. The second kappa shape index (κ2) is 4.71. The second-order valence-electron chi connectivity index (χ2n) is 5.66. The normalized spacial score (nSPS) is 29.5. The summed E-state index contributed by atoms with van der Waals surface area (Å²) in [5, 5.41) is 0. The van der Waals surface area contributed by atoms with E-state index in [-0.39, 0.29) is 0 Å². The van der Waals surface area contributed by atoms with Crippen molar-refractivity contribution >= 4 is 5.69 Å². The summed E-state index contributed by atoms with van der Waals surface area (Å²) in [7, 11) is 1.66. The number of fused-ring (bicyclic) bond motifs is 2. The topological polar surface area (TPSA) is 44.5 Å². The van der Waals surface area contributed by atoms with Gasteiger partial charge in [0.2, 0.25) is 0 Å². The molecule has 2 aliphatic rings. The third-order valence-electron chi connectivity index (χ3n) is 4.53. The van der Waals surface area contributed by atoms with E-state index < -0.39 is 0 Å². The van der Waals surface area contributed by atoms with Crippen molar-refractivity contribution in [2.75, 3.05) is 19.5 Å². The number of nitrogens with two attached hydrogens (primary N) is 1. The van der Waals surface area contributed by atoms with Gasteiger partial charge in [-0.15, -0.1) is 0 Å². The molecule has 3 nitrogen and oxygen atoms in total. The van der Waals surface area contributed by atoms with Gasteiger partial charge in [0.1, 0.15) is 0 Å². The van der Waals surface area contributed by atoms with E-state index in [1.807, 2.05) is 18.2 Å². The van der Waals surface area contributed by atoms with Crippen molar-refractivity contribution in [1.82, 2.24) is 0 Å². The molecule has 2 fully saturated rings. The van der Waals surface area contributed by atoms with Gasteiger partial charge >= 0.3 is 0 Å². The highest BCUT2D eigenvalue weighted by molar-refractivity contribution is 5.51. The molecule has 2 bridgehead atoms. The number of benzene rings is 1. The molecule has 18 heavy (non-hydrogen) atoms. The average Bonchev–Trinajstić information content (AvgIpc) is 2.98. The zero-order valence-electron chi connectivity index (χ0n) is 10.9. The fraction of sp³-hybridized carbons (Fsp3) is 0.600. The number of anilines is 1. The van der Waals surface area contributed by atoms with Crippen LogP contribution in [0, 0.1) is 17.8 Å². The molecule has 0 saturated heterocycles. The van der Waals surface area contributed by atoms with Gasteiger partial charge in [-0.3, -0.25) is 0 Å². The van der Waals surface area contributed by atoms with E-state index in [0.29, 0.717) is 0 Å². The summed E-state index contributed by atoms with van der Waals surface area (Å²) in [4.78, 5) is 0. The van der Waals surface area contributed by atoms with Gasteiger partial charge in [-0.2, -0.15) is 0 Å². The molecule has 2 aliphatic carbocycles. The van der Waals surface area contributed by atoms with Crippen LogP contribution >= 0.6 is 0 Å². The van der Waals surface area contributed by atoms with Crippen molar-refractivity contribution in [3.05, 3.63) is 18.2 Å². The van der Waals surface area contributed by atoms with Gasteiger partial charge in [0, 0.05) is 11.8 Å². The van der Waals surface area contributed by atoms with Gasteiger partial charge in [0.25, 0.3) is 0 Å². The molecule has 98 valence electrons. The highest BCUT2D eigenvalue weighted by Gasteiger charge is 2.39. The van der Waals surface area contributed by atoms with Crippen molar-refractivity contribution < 1.29 is 9.47 Å². The van der Waals surface area contributed by atoms with Crippen LogP contribution in [0.1, 0.15) is 25.7 Å². The van der Waals surface area contributed by atoms with Crippen molar-refractivity contribution in [3.63, 3.8) is 0 Å². The maximum atomic E-state index is 5.94. The molecule has 2 N–H and O–H groups in total. The largest absolute Gasteiger partial charge is 0.493 e. The molecule has 0 spiro atoms. The predicted molar refractivity (Wildman–Crippen MR) is 71.8 cm³/mol. The molecule has 2 saturated carbocycles. The minimum absolute atomic E-state index is 0.721. The fourth-order valence-electron chi connectivity index (χ4n) is 3.58. The molecule has 0 radical (unpaired) electrons. The maximum Gasteiger partial charge on any atom is 0.163 e. The van der Waals surface area contributed by atoms with E-state index in [0.717, 1.165) is 41.5 Å². The van der Waals surface area contributed by atoms with Crippen LogP contribution in [0.2, 0.25) is 0 Å². The fourth-order valence-corrected chi connectivity index (χ4v) is 3.58. The molecule has 0 aromatic heterocycles. The van der Waals surface area contributed by atoms with Gasteiger partial charge < -0.3 is 15.2 Å². The molecule has 1 aromatic rings. The van der Waals surface area contributed by atoms with E-state index in [2.05, 4.69) is 0 Å². The van der Waals surface area contributed by atoms with Gasteiger partial charge in [-0.25, -0.2) is 0 Å². The summed E-state index contributed by atoms with van der Waals surface area (Å²) in [6.07, 6.45) is 5.59. The first kappa shape index (κ1) is 11.7. The number of hydrogen-bond donors (Lipinski definition) is 1. The van der Waals surface area contributed by atoms with Gasteiger partial charge in [-0.05, 0) is 49.1 Å². The van der Waals surface area contributed by atoms with E-state index in [9.17, 15) is 0 Å². The molecule has 0 amide bonds. The standard InChI is InChI=1S/C15H21NO2/c1-17-14-5-4-13(16)8-15(14)18-9-12-7-10-2-3-11(12)6-10/h4-5,8,10-12H,2-3,6-7,9,16H2,1H3. The first-order valence-electron chi connectivity index (χ1n) is 6.82. The Balaban J connectivity index is 1.64. The van der Waals surface area contributed by atoms with Crippen molar-refractivity contribution in [1.29, 1.82) is 0 Å². The summed E-state index contributed by atoms with van der Waals surface area (Å²) >= 11 is 0. The van der Waals surface area contributed by atoms with Gasteiger partial charge in [-0.1, -0.05) is 6.42 Å². The number of hydrogen-bond acceptors (Lipinski definition) is 3. The lowest BCUT2D eigenvalue weighted by Gasteiger charge is -2.22. The molecular weight excluding hydrogens is 226 g/mol. The molecule has 3 atom stereocenters. The molecule has 0 heterocycles.